The quantitative estimate of drug-likeness (QED) is 0.325. The zero-order valence-corrected chi connectivity index (χ0v) is 20.6. The van der Waals surface area contributed by atoms with E-state index in [0.717, 1.165) is 37.0 Å². The van der Waals surface area contributed by atoms with Gasteiger partial charge in [-0.1, -0.05) is 12.0 Å². The van der Waals surface area contributed by atoms with Crippen LogP contribution < -0.4 is 10.6 Å². The zero-order chi connectivity index (χ0) is 25.6. The molecular weight excluding hydrogens is 472 g/mol. The third kappa shape index (κ3) is 3.33. The minimum atomic E-state index is -0.580. The van der Waals surface area contributed by atoms with Crippen LogP contribution in [0.25, 0.3) is 32.9 Å². The number of rotatable bonds is 5. The van der Waals surface area contributed by atoms with Crippen LogP contribution in [0.5, 0.6) is 5.75 Å². The molecule has 4 aromatic rings. The van der Waals surface area contributed by atoms with Crippen molar-refractivity contribution in [1.82, 2.24) is 20.1 Å². The molecule has 0 spiro atoms. The van der Waals surface area contributed by atoms with Gasteiger partial charge in [0.05, 0.1) is 22.7 Å². The predicted molar refractivity (Wildman–Crippen MR) is 140 cm³/mol. The largest absolute Gasteiger partial charge is 0.508 e. The first kappa shape index (κ1) is 22.5. The Kier molecular flexibility index (Phi) is 4.80. The first-order valence-corrected chi connectivity index (χ1v) is 12.9. The molecule has 2 unspecified atom stereocenters. The van der Waals surface area contributed by atoms with E-state index in [1.807, 2.05) is 18.5 Å². The number of nitrogens with zero attached hydrogens (tertiary/aromatic N) is 3. The molecule has 0 radical (unpaired) electrons. The van der Waals surface area contributed by atoms with E-state index in [2.05, 4.69) is 16.6 Å². The van der Waals surface area contributed by atoms with E-state index in [4.69, 9.17) is 16.5 Å². The number of pyridine rings is 1. The number of phenolic OH excluding ortho intramolecular Hbond substituents is 1. The fraction of sp³-hybridized carbons (Fsp3) is 0.379. The molecule has 3 aliphatic rings. The molecule has 2 atom stereocenters. The van der Waals surface area contributed by atoms with Gasteiger partial charge < -0.3 is 15.7 Å². The summed E-state index contributed by atoms with van der Waals surface area (Å²) in [5.74, 6) is 3.09. The minimum Gasteiger partial charge on any atom is -0.508 e. The summed E-state index contributed by atoms with van der Waals surface area (Å²) in [5.41, 5.74) is 1.62. The Morgan fingerprint density at radius 3 is 2.59 bits per heavy atom. The first-order chi connectivity index (χ1) is 17.9. The van der Waals surface area contributed by atoms with Crippen LogP contribution in [0.4, 0.5) is 14.6 Å². The average molecular weight is 500 g/mol. The van der Waals surface area contributed by atoms with Gasteiger partial charge in [0.15, 0.2) is 5.82 Å². The van der Waals surface area contributed by atoms with Crippen molar-refractivity contribution in [1.29, 1.82) is 0 Å². The van der Waals surface area contributed by atoms with Crippen LogP contribution in [-0.2, 0) is 0 Å². The third-order valence-corrected chi connectivity index (χ3v) is 7.99. The van der Waals surface area contributed by atoms with Gasteiger partial charge in [-0.3, -0.25) is 4.68 Å². The van der Waals surface area contributed by atoms with Gasteiger partial charge in [0.1, 0.15) is 28.6 Å². The number of terminal acetylenes is 1. The first-order valence-electron chi connectivity index (χ1n) is 12.9. The van der Waals surface area contributed by atoms with Gasteiger partial charge in [0.25, 0.3) is 0 Å². The molecule has 3 fully saturated rings. The molecule has 3 N–H and O–H groups in total. The Balaban J connectivity index is 1.56. The third-order valence-electron chi connectivity index (χ3n) is 7.99. The molecule has 6 nitrogen and oxygen atoms in total. The Hall–Kier alpha value is -3.70. The summed E-state index contributed by atoms with van der Waals surface area (Å²) in [5, 5.41) is 24.0. The molecule has 2 aromatic carbocycles. The lowest BCUT2D eigenvalue weighted by atomic mass is 9.95. The van der Waals surface area contributed by atoms with Crippen LogP contribution >= 0.6 is 0 Å². The van der Waals surface area contributed by atoms with Crippen LogP contribution in [-0.4, -0.2) is 39.0 Å². The molecule has 37 heavy (non-hydrogen) atoms. The number of aromatic hydroxyl groups is 1. The smallest absolute Gasteiger partial charge is 0.175 e. The van der Waals surface area contributed by atoms with Crippen LogP contribution in [0, 0.1) is 35.8 Å². The summed E-state index contributed by atoms with van der Waals surface area (Å²) >= 11 is 0. The number of nitrogens with one attached hydrogen (secondary N) is 2. The Morgan fingerprint density at radius 2 is 1.92 bits per heavy atom. The average Bonchev–Trinajstić information content (AvgIpc) is 3.74. The minimum absolute atomic E-state index is 0.0156. The van der Waals surface area contributed by atoms with Crippen molar-refractivity contribution in [2.75, 3.05) is 18.4 Å². The summed E-state index contributed by atoms with van der Waals surface area (Å²) in [4.78, 5) is 4.81. The van der Waals surface area contributed by atoms with Gasteiger partial charge >= 0.3 is 0 Å². The molecule has 2 saturated carbocycles. The molecule has 0 amide bonds. The molecule has 7 rings (SSSR count). The molecule has 2 aliphatic carbocycles. The number of fused-ring (bicyclic) bond motifs is 3. The highest BCUT2D eigenvalue weighted by molar-refractivity contribution is 6.04. The van der Waals surface area contributed by atoms with Gasteiger partial charge in [-0.15, -0.1) is 6.42 Å². The molecule has 8 heteroatoms. The highest BCUT2D eigenvalue weighted by atomic mass is 19.1. The lowest BCUT2D eigenvalue weighted by Crippen LogP contribution is -2.15. The van der Waals surface area contributed by atoms with Gasteiger partial charge in [-0.2, -0.15) is 5.10 Å². The molecule has 0 bridgehead atoms. The molecule has 1 saturated heterocycles. The maximum absolute atomic E-state index is 16.7. The summed E-state index contributed by atoms with van der Waals surface area (Å²) in [6, 6.07) is 5.87. The monoisotopic (exact) mass is 499 g/mol. The van der Waals surface area contributed by atoms with E-state index in [0.29, 0.717) is 33.9 Å². The van der Waals surface area contributed by atoms with Crippen molar-refractivity contribution in [3.63, 3.8) is 0 Å². The SMILES string of the molecule is C#Cc1c(F)ccc2cc(O)cc(-c3nc(NC(C)C)c4c(C5C6CNCC65)nn(C5CC5)c4c3F)c12. The van der Waals surface area contributed by atoms with Crippen molar-refractivity contribution in [2.45, 2.75) is 44.7 Å². The van der Waals surface area contributed by atoms with Gasteiger partial charge in [0.2, 0.25) is 0 Å². The lowest BCUT2D eigenvalue weighted by molar-refractivity contribution is 0.476. The van der Waals surface area contributed by atoms with Crippen molar-refractivity contribution in [2.24, 2.45) is 11.8 Å². The number of benzene rings is 2. The second-order valence-electron chi connectivity index (χ2n) is 10.9. The maximum atomic E-state index is 16.7. The number of hydrogen-bond donors (Lipinski definition) is 3. The normalized spacial score (nSPS) is 22.5. The lowest BCUT2D eigenvalue weighted by Gasteiger charge is -2.17. The second kappa shape index (κ2) is 7.90. The predicted octanol–water partition coefficient (Wildman–Crippen LogP) is 5.30. The van der Waals surface area contributed by atoms with Crippen molar-refractivity contribution in [3.05, 3.63) is 47.2 Å². The van der Waals surface area contributed by atoms with Crippen LogP contribution in [0.15, 0.2) is 24.3 Å². The zero-order valence-electron chi connectivity index (χ0n) is 20.6. The Morgan fingerprint density at radius 1 is 1.16 bits per heavy atom. The number of piperidine rings is 1. The summed E-state index contributed by atoms with van der Waals surface area (Å²) < 4.78 is 33.3. The Labute approximate surface area is 213 Å². The van der Waals surface area contributed by atoms with E-state index >= 15 is 4.39 Å². The molecule has 1 aliphatic heterocycles. The second-order valence-corrected chi connectivity index (χ2v) is 10.9. The maximum Gasteiger partial charge on any atom is 0.175 e. The highest BCUT2D eigenvalue weighted by Crippen LogP contribution is 2.58. The van der Waals surface area contributed by atoms with Gasteiger partial charge in [-0.25, -0.2) is 13.8 Å². The van der Waals surface area contributed by atoms with E-state index in [1.54, 1.807) is 0 Å². The number of anilines is 1. The highest BCUT2D eigenvalue weighted by Gasteiger charge is 2.56. The number of hydrogen-bond acceptors (Lipinski definition) is 5. The van der Waals surface area contributed by atoms with E-state index in [9.17, 15) is 9.50 Å². The molecule has 2 aromatic heterocycles. The van der Waals surface area contributed by atoms with Crippen LogP contribution in [0.2, 0.25) is 0 Å². The van der Waals surface area contributed by atoms with Gasteiger partial charge in [0, 0.05) is 22.9 Å². The van der Waals surface area contributed by atoms with Crippen molar-refractivity contribution < 1.29 is 13.9 Å². The van der Waals surface area contributed by atoms with Crippen molar-refractivity contribution >= 4 is 27.5 Å². The number of aromatic nitrogens is 3. The summed E-state index contributed by atoms with van der Waals surface area (Å²) in [6.07, 6.45) is 7.58. The van der Waals surface area contributed by atoms with E-state index in [-0.39, 0.29) is 40.6 Å². The van der Waals surface area contributed by atoms with E-state index < -0.39 is 11.6 Å². The molecule has 188 valence electrons. The summed E-state index contributed by atoms with van der Waals surface area (Å²) in [7, 11) is 0. The standard InChI is InChI=1S/C29H27F2N5O/c1-4-17-21(30)8-5-14-9-16(37)10-18(22(14)17)26-25(31)28-24(29(34-26)33-13(2)3)27(35-36(28)15-6-7-15)23-19-11-32-12-20(19)23/h1,5,8-10,13,15,19-20,23,32,37H,6-7,11-12H2,2-3H3,(H,33,34). The van der Waals surface area contributed by atoms with Gasteiger partial charge in [-0.05, 0) is 75.2 Å². The van der Waals surface area contributed by atoms with Crippen molar-refractivity contribution in [3.8, 4) is 29.4 Å². The Bertz CT molecular complexity index is 1640. The topological polar surface area (TPSA) is 75.0 Å². The summed E-state index contributed by atoms with van der Waals surface area (Å²) in [6.45, 7) is 5.91. The number of halogens is 2. The molecular formula is C29H27F2N5O. The van der Waals surface area contributed by atoms with Crippen LogP contribution in [0.1, 0.15) is 49.9 Å². The number of phenols is 1. The molecule has 3 heterocycles. The fourth-order valence-corrected chi connectivity index (χ4v) is 6.17. The van der Waals surface area contributed by atoms with E-state index in [1.165, 1.54) is 24.3 Å². The fourth-order valence-electron chi connectivity index (χ4n) is 6.17. The van der Waals surface area contributed by atoms with Crippen LogP contribution in [0.3, 0.4) is 0 Å².